The van der Waals surface area contributed by atoms with Crippen LogP contribution >= 0.6 is 0 Å². The Hall–Kier alpha value is -3.48. The van der Waals surface area contributed by atoms with Crippen LogP contribution in [0.5, 0.6) is 17.2 Å². The van der Waals surface area contributed by atoms with Crippen LogP contribution in [0.15, 0.2) is 54.6 Å². The van der Waals surface area contributed by atoms with E-state index in [0.717, 1.165) is 11.3 Å². The molecule has 0 fully saturated rings. The molecular formula is C23H26N2O5. The molecule has 1 heterocycles. The van der Waals surface area contributed by atoms with Crippen LogP contribution in [0, 0.1) is 0 Å². The van der Waals surface area contributed by atoms with Gasteiger partial charge < -0.3 is 24.4 Å². The van der Waals surface area contributed by atoms with Gasteiger partial charge >= 0.3 is 0 Å². The number of carbonyl (C=O) groups is 2. The number of fused-ring (bicyclic) bond motifs is 1. The van der Waals surface area contributed by atoms with Crippen molar-refractivity contribution in [1.29, 1.82) is 0 Å². The van der Waals surface area contributed by atoms with Crippen LogP contribution in [0.25, 0.3) is 0 Å². The van der Waals surface area contributed by atoms with Crippen molar-refractivity contribution in [3.05, 3.63) is 54.6 Å². The van der Waals surface area contributed by atoms with Crippen molar-refractivity contribution < 1.29 is 23.8 Å². The average Bonchev–Trinajstić information content (AvgIpc) is 2.71. The van der Waals surface area contributed by atoms with Crippen LogP contribution in [0.3, 0.4) is 0 Å². The summed E-state index contributed by atoms with van der Waals surface area (Å²) in [5.41, 5.74) is 2.09. The maximum absolute atomic E-state index is 12.4. The molecule has 7 nitrogen and oxygen atoms in total. The number of carbonyl (C=O) groups excluding carboxylic acids is 2. The zero-order valence-electron chi connectivity index (χ0n) is 17.4. The lowest BCUT2D eigenvalue weighted by atomic mass is 10.1. The molecule has 1 N–H and O–H groups in total. The van der Waals surface area contributed by atoms with Crippen molar-refractivity contribution in [2.45, 2.75) is 26.9 Å². The smallest absolute Gasteiger partial charge is 0.268 e. The van der Waals surface area contributed by atoms with Gasteiger partial charge in [0.1, 0.15) is 17.2 Å². The summed E-state index contributed by atoms with van der Waals surface area (Å²) in [7, 11) is 0. The molecule has 0 radical (unpaired) electrons. The largest absolute Gasteiger partial charge is 0.494 e. The van der Waals surface area contributed by atoms with Gasteiger partial charge in [0.2, 0.25) is 0 Å². The van der Waals surface area contributed by atoms with E-state index in [9.17, 15) is 9.59 Å². The molecule has 2 aromatic carbocycles. The summed E-state index contributed by atoms with van der Waals surface area (Å²) in [5, 5.41) is 2.79. The Morgan fingerprint density at radius 3 is 2.47 bits per heavy atom. The van der Waals surface area contributed by atoms with E-state index in [1.165, 1.54) is 0 Å². The summed E-state index contributed by atoms with van der Waals surface area (Å²) in [6.07, 6.45) is -0.606. The highest BCUT2D eigenvalue weighted by molar-refractivity contribution is 6.01. The third kappa shape index (κ3) is 5.11. The Balaban J connectivity index is 1.63. The monoisotopic (exact) mass is 410 g/mol. The normalized spacial score (nSPS) is 15.1. The number of nitrogens with zero attached hydrogens (tertiary/aromatic N) is 1. The molecule has 2 aromatic rings. The molecule has 0 aromatic heterocycles. The fraction of sp³-hybridized carbons (Fsp3) is 0.304. The summed E-state index contributed by atoms with van der Waals surface area (Å²) >= 11 is 0. The zero-order valence-corrected chi connectivity index (χ0v) is 17.4. The molecule has 1 atom stereocenters. The van der Waals surface area contributed by atoms with Gasteiger partial charge in [-0.3, -0.25) is 9.59 Å². The van der Waals surface area contributed by atoms with E-state index < -0.39 is 6.10 Å². The minimum absolute atomic E-state index is 0.119. The summed E-state index contributed by atoms with van der Waals surface area (Å²) in [6, 6.07) is 12.3. The molecule has 0 saturated heterocycles. The predicted octanol–water partition coefficient (Wildman–Crippen LogP) is 3.79. The van der Waals surface area contributed by atoms with Gasteiger partial charge in [0, 0.05) is 18.3 Å². The molecule has 0 bridgehead atoms. The predicted molar refractivity (Wildman–Crippen MR) is 115 cm³/mol. The van der Waals surface area contributed by atoms with Crippen LogP contribution in [-0.2, 0) is 9.59 Å². The van der Waals surface area contributed by atoms with E-state index in [0.29, 0.717) is 36.0 Å². The molecule has 1 aliphatic heterocycles. The van der Waals surface area contributed by atoms with E-state index in [4.69, 9.17) is 14.2 Å². The van der Waals surface area contributed by atoms with Crippen molar-refractivity contribution in [1.82, 2.24) is 0 Å². The first-order chi connectivity index (χ1) is 14.4. The third-order valence-electron chi connectivity index (χ3n) is 4.38. The van der Waals surface area contributed by atoms with E-state index in [2.05, 4.69) is 11.9 Å². The minimum Gasteiger partial charge on any atom is -0.494 e. The lowest BCUT2D eigenvalue weighted by Crippen LogP contribution is -2.45. The fourth-order valence-electron chi connectivity index (χ4n) is 3.07. The highest BCUT2D eigenvalue weighted by atomic mass is 16.5. The highest BCUT2D eigenvalue weighted by Crippen LogP contribution is 2.36. The molecule has 3 rings (SSSR count). The average molecular weight is 410 g/mol. The van der Waals surface area contributed by atoms with E-state index >= 15 is 0 Å². The molecule has 2 amide bonds. The standard InChI is InChI=1S/C23H26N2O5/c1-5-28-18-7-9-19(10-8-18)29-14-22(26)24-17-6-11-20-21(12-17)30-16(4)23(27)25(20)13-15(2)3/h6-12,16H,2,5,13-14H2,1,3-4H3,(H,24,26). The maximum atomic E-state index is 12.4. The highest BCUT2D eigenvalue weighted by Gasteiger charge is 2.31. The summed E-state index contributed by atoms with van der Waals surface area (Å²) in [5.74, 6) is 1.43. The van der Waals surface area contributed by atoms with Crippen LogP contribution in [0.1, 0.15) is 20.8 Å². The number of hydrogen-bond donors (Lipinski definition) is 1. The van der Waals surface area contributed by atoms with Gasteiger partial charge in [0.05, 0.1) is 12.3 Å². The molecule has 0 spiro atoms. The van der Waals surface area contributed by atoms with Gasteiger partial charge in [-0.25, -0.2) is 0 Å². The zero-order chi connectivity index (χ0) is 21.7. The van der Waals surface area contributed by atoms with Crippen molar-refractivity contribution in [3.63, 3.8) is 0 Å². The summed E-state index contributed by atoms with van der Waals surface area (Å²) in [6.45, 7) is 10.2. The summed E-state index contributed by atoms with van der Waals surface area (Å²) in [4.78, 5) is 26.3. The third-order valence-corrected chi connectivity index (χ3v) is 4.38. The maximum Gasteiger partial charge on any atom is 0.268 e. The number of rotatable bonds is 8. The van der Waals surface area contributed by atoms with Gasteiger partial charge in [-0.2, -0.15) is 0 Å². The Labute approximate surface area is 176 Å². The number of amides is 2. The van der Waals surface area contributed by atoms with Crippen molar-refractivity contribution in [2.24, 2.45) is 0 Å². The van der Waals surface area contributed by atoms with Gasteiger partial charge in [0.15, 0.2) is 12.7 Å². The number of benzene rings is 2. The Bertz CT molecular complexity index is 939. The fourth-order valence-corrected chi connectivity index (χ4v) is 3.07. The van der Waals surface area contributed by atoms with Gasteiger partial charge in [-0.1, -0.05) is 12.2 Å². The van der Waals surface area contributed by atoms with Crippen LogP contribution < -0.4 is 24.4 Å². The Morgan fingerprint density at radius 2 is 1.83 bits per heavy atom. The van der Waals surface area contributed by atoms with Gasteiger partial charge in [0.25, 0.3) is 11.8 Å². The van der Waals surface area contributed by atoms with E-state index in [1.54, 1.807) is 54.3 Å². The first kappa shape index (κ1) is 21.2. The molecule has 158 valence electrons. The molecule has 1 unspecified atom stereocenters. The van der Waals surface area contributed by atoms with Crippen LogP contribution in [-0.4, -0.2) is 37.7 Å². The Kier molecular flexibility index (Phi) is 6.61. The van der Waals surface area contributed by atoms with Crippen molar-refractivity contribution in [3.8, 4) is 17.2 Å². The number of nitrogens with one attached hydrogen (secondary N) is 1. The van der Waals surface area contributed by atoms with Crippen LogP contribution in [0.4, 0.5) is 11.4 Å². The first-order valence-corrected chi connectivity index (χ1v) is 9.79. The molecular weight excluding hydrogens is 384 g/mol. The molecule has 30 heavy (non-hydrogen) atoms. The number of ether oxygens (including phenoxy) is 3. The second kappa shape index (κ2) is 9.35. The van der Waals surface area contributed by atoms with Crippen molar-refractivity contribution >= 4 is 23.2 Å². The summed E-state index contributed by atoms with van der Waals surface area (Å²) < 4.78 is 16.6. The molecule has 7 heteroatoms. The second-order valence-corrected chi connectivity index (χ2v) is 7.07. The molecule has 0 aliphatic carbocycles. The quantitative estimate of drug-likeness (QED) is 0.670. The lowest BCUT2D eigenvalue weighted by molar-refractivity contribution is -0.125. The lowest BCUT2D eigenvalue weighted by Gasteiger charge is -2.33. The van der Waals surface area contributed by atoms with Crippen molar-refractivity contribution in [2.75, 3.05) is 30.0 Å². The minimum atomic E-state index is -0.606. The Morgan fingerprint density at radius 1 is 1.17 bits per heavy atom. The van der Waals surface area contributed by atoms with Gasteiger partial charge in [-0.05, 0) is 57.2 Å². The van der Waals surface area contributed by atoms with Crippen LogP contribution in [0.2, 0.25) is 0 Å². The van der Waals surface area contributed by atoms with E-state index in [-0.39, 0.29) is 18.4 Å². The topological polar surface area (TPSA) is 77.1 Å². The SMILES string of the molecule is C=C(C)CN1C(=O)C(C)Oc2cc(NC(=O)COc3ccc(OCC)cc3)ccc21. The molecule has 0 saturated carbocycles. The number of hydrogen-bond acceptors (Lipinski definition) is 5. The number of anilines is 2. The van der Waals surface area contributed by atoms with Gasteiger partial charge in [-0.15, -0.1) is 0 Å². The first-order valence-electron chi connectivity index (χ1n) is 9.79. The molecule has 1 aliphatic rings. The van der Waals surface area contributed by atoms with E-state index in [1.807, 2.05) is 13.8 Å². The second-order valence-electron chi connectivity index (χ2n) is 7.07.